The second kappa shape index (κ2) is 11.1. The molecule has 0 aliphatic heterocycles. The van der Waals surface area contributed by atoms with Crippen LogP contribution < -0.4 is 10.6 Å². The summed E-state index contributed by atoms with van der Waals surface area (Å²) >= 11 is 0. The molecule has 1 aliphatic carbocycles. The Hall–Kier alpha value is -0.830. The lowest BCUT2D eigenvalue weighted by Gasteiger charge is -2.30. The van der Waals surface area contributed by atoms with Crippen LogP contribution in [0, 0.1) is 19.3 Å². The molecule has 7 heteroatoms. The Morgan fingerprint density at radius 2 is 1.96 bits per heavy atom. The minimum absolute atomic E-state index is 0. The summed E-state index contributed by atoms with van der Waals surface area (Å²) in [5, 5.41) is 11.4. The van der Waals surface area contributed by atoms with E-state index in [1.54, 1.807) is 7.11 Å². The number of hydrogen-bond donors (Lipinski definition) is 2. The summed E-state index contributed by atoms with van der Waals surface area (Å²) in [6.45, 7) is 9.58. The minimum Gasteiger partial charge on any atom is -0.385 e. The van der Waals surface area contributed by atoms with E-state index in [1.165, 1.54) is 36.9 Å². The Kier molecular flexibility index (Phi) is 9.92. The lowest BCUT2D eigenvalue weighted by Crippen LogP contribution is -2.43. The van der Waals surface area contributed by atoms with Crippen LogP contribution in [0.15, 0.2) is 4.99 Å². The molecule has 0 unspecified atom stereocenters. The van der Waals surface area contributed by atoms with Gasteiger partial charge in [-0.15, -0.1) is 24.0 Å². The maximum atomic E-state index is 5.33. The fourth-order valence-corrected chi connectivity index (χ4v) is 3.78. The molecular formula is C19H36IN5O. The van der Waals surface area contributed by atoms with Gasteiger partial charge < -0.3 is 15.4 Å². The first-order valence-electron chi connectivity index (χ1n) is 9.51. The molecule has 1 saturated carbocycles. The molecule has 150 valence electrons. The number of halogens is 1. The standard InChI is InChI=1S/C19H35N5O.HI/c1-6-20-18(21-13-17-15(2)23-24(4)16(17)3)22-14-19(11-12-25-5)9-7-8-10-19;/h6-14H2,1-5H3,(H2,20,21,22);1H. The van der Waals surface area contributed by atoms with E-state index in [2.05, 4.69) is 36.5 Å². The summed E-state index contributed by atoms with van der Waals surface area (Å²) in [4.78, 5) is 4.80. The second-order valence-corrected chi connectivity index (χ2v) is 7.27. The number of hydrogen-bond acceptors (Lipinski definition) is 3. The number of nitrogens with zero attached hydrogens (tertiary/aromatic N) is 3. The molecule has 0 spiro atoms. The third kappa shape index (κ3) is 6.11. The number of methoxy groups -OCH3 is 1. The van der Waals surface area contributed by atoms with Crippen molar-refractivity contribution in [3.8, 4) is 0 Å². The van der Waals surface area contributed by atoms with Gasteiger partial charge in [-0.2, -0.15) is 5.10 Å². The van der Waals surface area contributed by atoms with Gasteiger partial charge in [-0.3, -0.25) is 4.68 Å². The number of guanidine groups is 1. The van der Waals surface area contributed by atoms with Gasteiger partial charge in [-0.25, -0.2) is 4.99 Å². The zero-order valence-corrected chi connectivity index (χ0v) is 19.4. The summed E-state index contributed by atoms with van der Waals surface area (Å²) in [5.41, 5.74) is 3.82. The van der Waals surface area contributed by atoms with Gasteiger partial charge in [0.05, 0.1) is 12.2 Å². The lowest BCUT2D eigenvalue weighted by atomic mass is 9.83. The summed E-state index contributed by atoms with van der Waals surface area (Å²) in [6.07, 6.45) is 6.34. The average molecular weight is 477 g/mol. The Balaban J connectivity index is 0.00000338. The molecule has 1 aliphatic rings. The molecule has 26 heavy (non-hydrogen) atoms. The van der Waals surface area contributed by atoms with Crippen LogP contribution in [0.25, 0.3) is 0 Å². The summed E-state index contributed by atoms with van der Waals surface area (Å²) in [7, 11) is 3.78. The van der Waals surface area contributed by atoms with Crippen molar-refractivity contribution in [1.82, 2.24) is 20.4 Å². The predicted molar refractivity (Wildman–Crippen MR) is 118 cm³/mol. The van der Waals surface area contributed by atoms with Crippen LogP contribution in [0.3, 0.4) is 0 Å². The van der Waals surface area contributed by atoms with Gasteiger partial charge in [-0.1, -0.05) is 12.8 Å². The van der Waals surface area contributed by atoms with Gasteiger partial charge >= 0.3 is 0 Å². The molecule has 0 amide bonds. The third-order valence-electron chi connectivity index (χ3n) is 5.53. The maximum absolute atomic E-state index is 5.33. The first-order valence-corrected chi connectivity index (χ1v) is 9.51. The van der Waals surface area contributed by atoms with E-state index in [1.807, 2.05) is 11.7 Å². The zero-order chi connectivity index (χ0) is 18.3. The van der Waals surface area contributed by atoms with E-state index in [9.17, 15) is 0 Å². The monoisotopic (exact) mass is 477 g/mol. The number of nitrogens with one attached hydrogen (secondary N) is 2. The molecule has 0 atom stereocenters. The molecule has 1 fully saturated rings. The zero-order valence-electron chi connectivity index (χ0n) is 17.0. The number of ether oxygens (including phenoxy) is 1. The molecule has 1 heterocycles. The summed E-state index contributed by atoms with van der Waals surface area (Å²) < 4.78 is 7.26. The van der Waals surface area contributed by atoms with Crippen LogP contribution in [-0.2, 0) is 18.3 Å². The molecule has 6 nitrogen and oxygen atoms in total. The SMILES string of the molecule is CCNC(=NCc1c(C)nn(C)c1C)NCC1(CCOC)CCCC1.I. The van der Waals surface area contributed by atoms with Crippen molar-refractivity contribution in [1.29, 1.82) is 0 Å². The number of aliphatic imine (C=N–C) groups is 1. The van der Waals surface area contributed by atoms with Crippen LogP contribution in [0.5, 0.6) is 0 Å². The Morgan fingerprint density at radius 3 is 2.50 bits per heavy atom. The van der Waals surface area contributed by atoms with Crippen LogP contribution in [0.1, 0.15) is 56.0 Å². The van der Waals surface area contributed by atoms with Gasteiger partial charge in [0.15, 0.2) is 5.96 Å². The van der Waals surface area contributed by atoms with E-state index in [0.717, 1.165) is 37.8 Å². The molecule has 0 bridgehead atoms. The number of aromatic nitrogens is 2. The fraction of sp³-hybridized carbons (Fsp3) is 0.789. The maximum Gasteiger partial charge on any atom is 0.191 e. The molecular weight excluding hydrogens is 441 g/mol. The van der Waals surface area contributed by atoms with Crippen LogP contribution >= 0.6 is 24.0 Å². The lowest BCUT2D eigenvalue weighted by molar-refractivity contribution is 0.138. The Morgan fingerprint density at radius 1 is 1.27 bits per heavy atom. The van der Waals surface area contributed by atoms with Gasteiger partial charge in [0.25, 0.3) is 0 Å². The summed E-state index contributed by atoms with van der Waals surface area (Å²) in [6, 6.07) is 0. The second-order valence-electron chi connectivity index (χ2n) is 7.27. The van der Waals surface area contributed by atoms with E-state index in [0.29, 0.717) is 12.0 Å². The van der Waals surface area contributed by atoms with Crippen molar-refractivity contribution in [3.63, 3.8) is 0 Å². The van der Waals surface area contributed by atoms with Crippen molar-refractivity contribution in [2.24, 2.45) is 17.5 Å². The highest BCUT2D eigenvalue weighted by Crippen LogP contribution is 2.40. The molecule has 0 saturated heterocycles. The fourth-order valence-electron chi connectivity index (χ4n) is 3.78. The van der Waals surface area contributed by atoms with Crippen LogP contribution in [-0.4, -0.2) is 42.5 Å². The first kappa shape index (κ1) is 23.2. The number of aryl methyl sites for hydroxylation is 2. The highest BCUT2D eigenvalue weighted by atomic mass is 127. The van der Waals surface area contributed by atoms with Crippen molar-refractivity contribution in [2.75, 3.05) is 26.8 Å². The molecule has 1 aromatic rings. The Bertz CT molecular complexity index is 579. The van der Waals surface area contributed by atoms with E-state index < -0.39 is 0 Å². The summed E-state index contributed by atoms with van der Waals surface area (Å²) in [5.74, 6) is 0.897. The van der Waals surface area contributed by atoms with Crippen LogP contribution in [0.4, 0.5) is 0 Å². The van der Waals surface area contributed by atoms with Crippen molar-refractivity contribution in [2.45, 2.75) is 59.4 Å². The number of rotatable bonds is 8. The smallest absolute Gasteiger partial charge is 0.191 e. The van der Waals surface area contributed by atoms with E-state index >= 15 is 0 Å². The predicted octanol–water partition coefficient (Wildman–Crippen LogP) is 3.31. The minimum atomic E-state index is 0. The first-order chi connectivity index (χ1) is 12.0. The topological polar surface area (TPSA) is 63.5 Å². The largest absolute Gasteiger partial charge is 0.385 e. The van der Waals surface area contributed by atoms with Gasteiger partial charge in [-0.05, 0) is 45.4 Å². The molecule has 2 rings (SSSR count). The average Bonchev–Trinajstić information content (AvgIpc) is 3.15. The molecule has 0 radical (unpaired) electrons. The van der Waals surface area contributed by atoms with Crippen molar-refractivity contribution >= 4 is 29.9 Å². The van der Waals surface area contributed by atoms with Crippen molar-refractivity contribution < 1.29 is 4.74 Å². The van der Waals surface area contributed by atoms with Crippen LogP contribution in [0.2, 0.25) is 0 Å². The van der Waals surface area contributed by atoms with Crippen molar-refractivity contribution in [3.05, 3.63) is 17.0 Å². The van der Waals surface area contributed by atoms with E-state index in [-0.39, 0.29) is 24.0 Å². The normalized spacial score (nSPS) is 16.4. The molecule has 1 aromatic heterocycles. The highest BCUT2D eigenvalue weighted by molar-refractivity contribution is 14.0. The van der Waals surface area contributed by atoms with Gasteiger partial charge in [0, 0.05) is 45.1 Å². The quantitative estimate of drug-likeness (QED) is 0.343. The molecule has 0 aromatic carbocycles. The molecule has 2 N–H and O–H groups in total. The van der Waals surface area contributed by atoms with Gasteiger partial charge in [0.1, 0.15) is 0 Å². The third-order valence-corrected chi connectivity index (χ3v) is 5.53. The highest BCUT2D eigenvalue weighted by Gasteiger charge is 2.33. The van der Waals surface area contributed by atoms with E-state index in [4.69, 9.17) is 9.73 Å². The van der Waals surface area contributed by atoms with Gasteiger partial charge in [0.2, 0.25) is 0 Å². The Labute approximate surface area is 175 Å².